The lowest BCUT2D eigenvalue weighted by molar-refractivity contribution is -0.164. The molecule has 4 heteroatoms. The van der Waals surface area contributed by atoms with Crippen LogP contribution in [0.5, 0.6) is 0 Å². The molecule has 0 amide bonds. The van der Waals surface area contributed by atoms with Crippen molar-refractivity contribution >= 4 is 11.9 Å². The summed E-state index contributed by atoms with van der Waals surface area (Å²) >= 11 is 0. The van der Waals surface area contributed by atoms with Crippen molar-refractivity contribution in [3.05, 3.63) is 23.3 Å². The predicted octanol–water partition coefficient (Wildman–Crippen LogP) is 3.63. The van der Waals surface area contributed by atoms with E-state index in [1.807, 2.05) is 20.8 Å². The minimum absolute atomic E-state index is 0.0293. The highest BCUT2D eigenvalue weighted by Gasteiger charge is 2.46. The quantitative estimate of drug-likeness (QED) is 0.520. The number of allylic oxidation sites excluding steroid dienone is 3. The molecule has 0 aliphatic carbocycles. The molecule has 0 spiro atoms. The van der Waals surface area contributed by atoms with Gasteiger partial charge >= 0.3 is 11.9 Å². The second kappa shape index (κ2) is 7.12. The Bertz CT molecular complexity index is 384. The van der Waals surface area contributed by atoms with Gasteiger partial charge in [0, 0.05) is 0 Å². The van der Waals surface area contributed by atoms with Crippen molar-refractivity contribution in [3.8, 4) is 0 Å². The summed E-state index contributed by atoms with van der Waals surface area (Å²) < 4.78 is 0. The molecular formula is C15H24O4. The first-order chi connectivity index (χ1) is 8.71. The molecule has 108 valence electrons. The highest BCUT2D eigenvalue weighted by molar-refractivity contribution is 5.98. The Labute approximate surface area is 114 Å². The van der Waals surface area contributed by atoms with Gasteiger partial charge < -0.3 is 10.2 Å². The Hall–Kier alpha value is -1.58. The van der Waals surface area contributed by atoms with Crippen LogP contribution in [0.3, 0.4) is 0 Å². The monoisotopic (exact) mass is 268 g/mol. The van der Waals surface area contributed by atoms with Crippen LogP contribution in [0.4, 0.5) is 0 Å². The van der Waals surface area contributed by atoms with Crippen LogP contribution < -0.4 is 0 Å². The van der Waals surface area contributed by atoms with E-state index in [1.165, 1.54) is 0 Å². The number of hydrogen-bond donors (Lipinski definition) is 2. The average Bonchev–Trinajstić information content (AvgIpc) is 2.28. The molecule has 0 unspecified atom stereocenters. The number of carboxylic acids is 2. The van der Waals surface area contributed by atoms with Crippen molar-refractivity contribution in [2.24, 2.45) is 5.41 Å². The third-order valence-electron chi connectivity index (χ3n) is 3.45. The molecule has 0 aromatic rings. The van der Waals surface area contributed by atoms with E-state index in [4.69, 9.17) is 0 Å². The molecule has 0 bridgehead atoms. The summed E-state index contributed by atoms with van der Waals surface area (Å²) in [5, 5.41) is 18.7. The highest BCUT2D eigenvalue weighted by atomic mass is 16.4. The first-order valence-electron chi connectivity index (χ1n) is 6.49. The van der Waals surface area contributed by atoms with Crippen molar-refractivity contribution < 1.29 is 19.8 Å². The van der Waals surface area contributed by atoms with E-state index < -0.39 is 17.4 Å². The summed E-state index contributed by atoms with van der Waals surface area (Å²) in [7, 11) is 0. The molecular weight excluding hydrogens is 244 g/mol. The summed E-state index contributed by atoms with van der Waals surface area (Å²) in [5.74, 6) is -2.59. The summed E-state index contributed by atoms with van der Waals surface area (Å²) in [6, 6.07) is 0. The van der Waals surface area contributed by atoms with E-state index in [9.17, 15) is 19.8 Å². The SMILES string of the molecule is C=C(C)CC(CC(C)=C(CC)CC)(C(=O)O)C(=O)O. The van der Waals surface area contributed by atoms with Crippen LogP contribution in [0.15, 0.2) is 23.3 Å². The number of aliphatic carboxylic acids is 2. The van der Waals surface area contributed by atoms with Gasteiger partial charge in [0.05, 0.1) is 0 Å². The highest BCUT2D eigenvalue weighted by Crippen LogP contribution is 2.35. The largest absolute Gasteiger partial charge is 0.480 e. The molecule has 0 aromatic heterocycles. The van der Waals surface area contributed by atoms with Crippen molar-refractivity contribution in [3.63, 3.8) is 0 Å². The van der Waals surface area contributed by atoms with E-state index in [0.717, 1.165) is 24.0 Å². The fourth-order valence-electron chi connectivity index (χ4n) is 2.40. The van der Waals surface area contributed by atoms with E-state index in [2.05, 4.69) is 6.58 Å². The average molecular weight is 268 g/mol. The normalized spacial score (nSPS) is 10.9. The Balaban J connectivity index is 5.61. The molecule has 19 heavy (non-hydrogen) atoms. The van der Waals surface area contributed by atoms with Crippen LogP contribution in [0, 0.1) is 5.41 Å². The van der Waals surface area contributed by atoms with E-state index >= 15 is 0 Å². The minimum atomic E-state index is -1.80. The molecule has 0 saturated carbocycles. The van der Waals surface area contributed by atoms with Gasteiger partial charge in [0.25, 0.3) is 0 Å². The minimum Gasteiger partial charge on any atom is -0.480 e. The van der Waals surface area contributed by atoms with Crippen molar-refractivity contribution in [1.29, 1.82) is 0 Å². The number of carbonyl (C=O) groups is 2. The molecule has 0 fully saturated rings. The first kappa shape index (κ1) is 17.4. The number of rotatable bonds is 8. The van der Waals surface area contributed by atoms with Gasteiger partial charge in [-0.15, -0.1) is 6.58 Å². The lowest BCUT2D eigenvalue weighted by atomic mass is 9.76. The predicted molar refractivity (Wildman–Crippen MR) is 75.0 cm³/mol. The zero-order chi connectivity index (χ0) is 15.2. The van der Waals surface area contributed by atoms with Crippen LogP contribution in [-0.4, -0.2) is 22.2 Å². The number of hydrogen-bond acceptors (Lipinski definition) is 2. The maximum Gasteiger partial charge on any atom is 0.321 e. The standard InChI is InChI=1S/C15H24O4/c1-6-12(7-2)11(5)9-15(13(16)17,14(18)19)8-10(3)4/h3,6-9H2,1-2,4-5H3,(H,16,17)(H,18,19). The lowest BCUT2D eigenvalue weighted by Crippen LogP contribution is -2.40. The van der Waals surface area contributed by atoms with Gasteiger partial charge in [-0.25, -0.2) is 0 Å². The molecule has 4 nitrogen and oxygen atoms in total. The van der Waals surface area contributed by atoms with E-state index in [1.54, 1.807) is 6.92 Å². The zero-order valence-electron chi connectivity index (χ0n) is 12.2. The van der Waals surface area contributed by atoms with Crippen molar-refractivity contribution in [2.45, 2.75) is 53.4 Å². The fourth-order valence-corrected chi connectivity index (χ4v) is 2.40. The van der Waals surface area contributed by atoms with Gasteiger partial charge in [-0.05, 0) is 39.5 Å². The smallest absolute Gasteiger partial charge is 0.321 e. The second-order valence-electron chi connectivity index (χ2n) is 5.09. The van der Waals surface area contributed by atoms with Crippen LogP contribution in [-0.2, 0) is 9.59 Å². The van der Waals surface area contributed by atoms with Gasteiger partial charge in [-0.3, -0.25) is 9.59 Å². The Morgan fingerprint density at radius 3 is 1.68 bits per heavy atom. The van der Waals surface area contributed by atoms with Gasteiger partial charge in [0.15, 0.2) is 5.41 Å². The van der Waals surface area contributed by atoms with E-state index in [-0.39, 0.29) is 12.8 Å². The molecule has 0 aliphatic rings. The Kier molecular flexibility index (Phi) is 6.53. The molecule has 0 saturated heterocycles. The summed E-state index contributed by atoms with van der Waals surface area (Å²) in [6.07, 6.45) is 1.60. The lowest BCUT2D eigenvalue weighted by Gasteiger charge is -2.26. The topological polar surface area (TPSA) is 74.6 Å². The van der Waals surface area contributed by atoms with Crippen LogP contribution in [0.2, 0.25) is 0 Å². The van der Waals surface area contributed by atoms with Crippen LogP contribution >= 0.6 is 0 Å². The van der Waals surface area contributed by atoms with Gasteiger partial charge in [-0.2, -0.15) is 0 Å². The first-order valence-corrected chi connectivity index (χ1v) is 6.49. The summed E-state index contributed by atoms with van der Waals surface area (Å²) in [4.78, 5) is 23.0. The van der Waals surface area contributed by atoms with Gasteiger partial charge in [0.1, 0.15) is 0 Å². The third kappa shape index (κ3) is 4.23. The van der Waals surface area contributed by atoms with Crippen molar-refractivity contribution in [1.82, 2.24) is 0 Å². The Morgan fingerprint density at radius 2 is 1.42 bits per heavy atom. The maximum absolute atomic E-state index is 11.5. The third-order valence-corrected chi connectivity index (χ3v) is 3.45. The maximum atomic E-state index is 11.5. The van der Waals surface area contributed by atoms with Gasteiger partial charge in [-0.1, -0.05) is 30.6 Å². The van der Waals surface area contributed by atoms with Crippen LogP contribution in [0.1, 0.15) is 53.4 Å². The molecule has 0 radical (unpaired) electrons. The Morgan fingerprint density at radius 1 is 1.00 bits per heavy atom. The molecule has 2 N–H and O–H groups in total. The molecule has 0 aliphatic heterocycles. The van der Waals surface area contributed by atoms with Gasteiger partial charge in [0.2, 0.25) is 0 Å². The molecule has 0 heterocycles. The fraction of sp³-hybridized carbons (Fsp3) is 0.600. The second-order valence-corrected chi connectivity index (χ2v) is 5.09. The summed E-state index contributed by atoms with van der Waals surface area (Å²) in [6.45, 7) is 11.1. The van der Waals surface area contributed by atoms with Crippen molar-refractivity contribution in [2.75, 3.05) is 0 Å². The van der Waals surface area contributed by atoms with Crippen LogP contribution in [0.25, 0.3) is 0 Å². The summed E-state index contributed by atoms with van der Waals surface area (Å²) in [5.41, 5.74) is 0.739. The van der Waals surface area contributed by atoms with E-state index in [0.29, 0.717) is 5.57 Å². The molecule has 0 atom stereocenters. The molecule has 0 aromatic carbocycles. The number of carboxylic acid groups (broad SMARTS) is 2. The molecule has 0 rings (SSSR count). The zero-order valence-corrected chi connectivity index (χ0v) is 12.2.